The predicted octanol–water partition coefficient (Wildman–Crippen LogP) is -0.614. The minimum Gasteiger partial charge on any atom is -0.493 e. The molecule has 1 aliphatic rings. The number of morpholine rings is 1. The monoisotopic (exact) mass is 265 g/mol. The van der Waals surface area contributed by atoms with Gasteiger partial charge in [0.1, 0.15) is 12.4 Å². The molecule has 0 bridgehead atoms. The molecule has 1 aliphatic heterocycles. The van der Waals surface area contributed by atoms with E-state index in [0.717, 1.165) is 38.4 Å². The SMILES string of the molecule is Cc1ccc(OCCN2CCOCC2)c(B(O)O)c1. The van der Waals surface area contributed by atoms with E-state index in [2.05, 4.69) is 4.90 Å². The van der Waals surface area contributed by atoms with Crippen molar-refractivity contribution < 1.29 is 19.5 Å². The highest BCUT2D eigenvalue weighted by Gasteiger charge is 2.17. The van der Waals surface area contributed by atoms with Crippen molar-refractivity contribution in [3.8, 4) is 5.75 Å². The summed E-state index contributed by atoms with van der Waals surface area (Å²) in [6.07, 6.45) is 0. The minimum absolute atomic E-state index is 0.418. The summed E-state index contributed by atoms with van der Waals surface area (Å²) in [5.74, 6) is 0.536. The van der Waals surface area contributed by atoms with Crippen LogP contribution < -0.4 is 10.2 Å². The highest BCUT2D eigenvalue weighted by Crippen LogP contribution is 2.10. The van der Waals surface area contributed by atoms with Gasteiger partial charge in [0.2, 0.25) is 0 Å². The first-order valence-corrected chi connectivity index (χ1v) is 6.56. The average Bonchev–Trinajstić information content (AvgIpc) is 2.41. The van der Waals surface area contributed by atoms with Gasteiger partial charge in [-0.05, 0) is 13.0 Å². The first-order valence-electron chi connectivity index (χ1n) is 6.56. The molecule has 5 nitrogen and oxygen atoms in total. The van der Waals surface area contributed by atoms with E-state index in [1.165, 1.54) is 0 Å². The second-order valence-electron chi connectivity index (χ2n) is 4.72. The predicted molar refractivity (Wildman–Crippen MR) is 73.8 cm³/mol. The van der Waals surface area contributed by atoms with E-state index < -0.39 is 7.12 Å². The van der Waals surface area contributed by atoms with Crippen LogP contribution in [0.25, 0.3) is 0 Å². The number of benzene rings is 1. The van der Waals surface area contributed by atoms with Gasteiger partial charge in [-0.25, -0.2) is 0 Å². The average molecular weight is 265 g/mol. The molecule has 1 heterocycles. The molecule has 0 aromatic heterocycles. The molecule has 0 atom stereocenters. The van der Waals surface area contributed by atoms with Crippen molar-refractivity contribution in [1.29, 1.82) is 0 Å². The Balaban J connectivity index is 1.88. The van der Waals surface area contributed by atoms with Crippen molar-refractivity contribution >= 4 is 12.6 Å². The van der Waals surface area contributed by atoms with Gasteiger partial charge in [-0.15, -0.1) is 0 Å². The van der Waals surface area contributed by atoms with Gasteiger partial charge < -0.3 is 19.5 Å². The van der Waals surface area contributed by atoms with Crippen LogP contribution >= 0.6 is 0 Å². The van der Waals surface area contributed by atoms with Gasteiger partial charge in [0.25, 0.3) is 0 Å². The van der Waals surface area contributed by atoms with Gasteiger partial charge in [-0.2, -0.15) is 0 Å². The van der Waals surface area contributed by atoms with Gasteiger partial charge in [0.05, 0.1) is 13.2 Å². The molecule has 1 aromatic rings. The lowest BCUT2D eigenvalue weighted by Gasteiger charge is -2.26. The Kier molecular flexibility index (Phi) is 5.21. The molecule has 0 aliphatic carbocycles. The number of aryl methyl sites for hydroxylation is 1. The zero-order valence-corrected chi connectivity index (χ0v) is 11.2. The Morgan fingerprint density at radius 3 is 2.74 bits per heavy atom. The molecule has 104 valence electrons. The maximum atomic E-state index is 9.33. The van der Waals surface area contributed by atoms with Gasteiger partial charge >= 0.3 is 7.12 Å². The molecule has 6 heteroatoms. The topological polar surface area (TPSA) is 62.2 Å². The summed E-state index contributed by atoms with van der Waals surface area (Å²) in [6, 6.07) is 5.41. The molecule has 0 amide bonds. The van der Waals surface area contributed by atoms with Crippen LogP contribution in [-0.2, 0) is 4.74 Å². The van der Waals surface area contributed by atoms with E-state index in [0.29, 0.717) is 17.8 Å². The molecule has 1 fully saturated rings. The molecule has 1 saturated heterocycles. The second kappa shape index (κ2) is 6.91. The summed E-state index contributed by atoms with van der Waals surface area (Å²) < 4.78 is 10.9. The Morgan fingerprint density at radius 2 is 2.05 bits per heavy atom. The van der Waals surface area contributed by atoms with Crippen molar-refractivity contribution in [2.45, 2.75) is 6.92 Å². The molecule has 1 aromatic carbocycles. The van der Waals surface area contributed by atoms with Crippen LogP contribution in [-0.4, -0.2) is 61.5 Å². The maximum absolute atomic E-state index is 9.33. The number of ether oxygens (including phenoxy) is 2. The molecule has 19 heavy (non-hydrogen) atoms. The second-order valence-corrected chi connectivity index (χ2v) is 4.72. The molecule has 0 unspecified atom stereocenters. The summed E-state index contributed by atoms with van der Waals surface area (Å²) in [5, 5.41) is 18.7. The third kappa shape index (κ3) is 4.21. The van der Waals surface area contributed by atoms with Crippen molar-refractivity contribution in [3.05, 3.63) is 23.8 Å². The van der Waals surface area contributed by atoms with E-state index in [9.17, 15) is 10.0 Å². The van der Waals surface area contributed by atoms with Crippen LogP contribution in [0.3, 0.4) is 0 Å². The highest BCUT2D eigenvalue weighted by atomic mass is 16.5. The number of rotatable bonds is 5. The van der Waals surface area contributed by atoms with E-state index in [1.807, 2.05) is 13.0 Å². The lowest BCUT2D eigenvalue weighted by atomic mass is 9.79. The Morgan fingerprint density at radius 1 is 1.32 bits per heavy atom. The Labute approximate surface area is 113 Å². The van der Waals surface area contributed by atoms with Gasteiger partial charge in [-0.3, -0.25) is 4.90 Å². The van der Waals surface area contributed by atoms with E-state index in [4.69, 9.17) is 9.47 Å². The van der Waals surface area contributed by atoms with Crippen LogP contribution in [0.1, 0.15) is 5.56 Å². The first kappa shape index (κ1) is 14.3. The van der Waals surface area contributed by atoms with Crippen LogP contribution in [0.2, 0.25) is 0 Å². The zero-order valence-electron chi connectivity index (χ0n) is 11.2. The van der Waals surface area contributed by atoms with Crippen LogP contribution in [0.4, 0.5) is 0 Å². The third-order valence-electron chi connectivity index (χ3n) is 3.21. The quantitative estimate of drug-likeness (QED) is 0.695. The van der Waals surface area contributed by atoms with Crippen molar-refractivity contribution in [2.75, 3.05) is 39.5 Å². The van der Waals surface area contributed by atoms with Gasteiger partial charge in [0, 0.05) is 25.1 Å². The first-order chi connectivity index (χ1) is 9.16. The smallest absolute Gasteiger partial charge is 0.492 e. The summed E-state index contributed by atoms with van der Waals surface area (Å²) in [5.41, 5.74) is 1.39. The van der Waals surface area contributed by atoms with Crippen molar-refractivity contribution in [2.24, 2.45) is 0 Å². The molecule has 0 spiro atoms. The Bertz CT molecular complexity index is 408. The normalized spacial score (nSPS) is 16.4. The van der Waals surface area contributed by atoms with Gasteiger partial charge in [-0.1, -0.05) is 17.7 Å². The highest BCUT2D eigenvalue weighted by molar-refractivity contribution is 6.59. The molecule has 2 rings (SSSR count). The third-order valence-corrected chi connectivity index (χ3v) is 3.21. The lowest BCUT2D eigenvalue weighted by molar-refractivity contribution is 0.0323. The van der Waals surface area contributed by atoms with E-state index in [-0.39, 0.29) is 0 Å². The summed E-state index contributed by atoms with van der Waals surface area (Å²) in [4.78, 5) is 2.27. The standard InChI is InChI=1S/C13H20BNO4/c1-11-2-3-13(12(10-11)14(16)17)19-9-6-15-4-7-18-8-5-15/h2-3,10,16-17H,4-9H2,1H3. The largest absolute Gasteiger partial charge is 0.493 e. The number of nitrogens with zero attached hydrogens (tertiary/aromatic N) is 1. The van der Waals surface area contributed by atoms with Crippen molar-refractivity contribution in [3.63, 3.8) is 0 Å². The van der Waals surface area contributed by atoms with Crippen LogP contribution in [0.15, 0.2) is 18.2 Å². The summed E-state index contributed by atoms with van der Waals surface area (Å²) in [7, 11) is -1.50. The van der Waals surface area contributed by atoms with Crippen LogP contribution in [0, 0.1) is 6.92 Å². The number of hydrogen-bond acceptors (Lipinski definition) is 5. The van der Waals surface area contributed by atoms with Crippen LogP contribution in [0.5, 0.6) is 5.75 Å². The fraction of sp³-hybridized carbons (Fsp3) is 0.538. The molecule has 0 radical (unpaired) electrons. The maximum Gasteiger partial charge on any atom is 0.492 e. The zero-order chi connectivity index (χ0) is 13.7. The number of hydrogen-bond donors (Lipinski definition) is 2. The fourth-order valence-corrected chi connectivity index (χ4v) is 2.11. The molecule has 0 saturated carbocycles. The van der Waals surface area contributed by atoms with E-state index in [1.54, 1.807) is 12.1 Å². The lowest BCUT2D eigenvalue weighted by Crippen LogP contribution is -2.39. The fourth-order valence-electron chi connectivity index (χ4n) is 2.11. The minimum atomic E-state index is -1.50. The molecular formula is C13H20BNO4. The summed E-state index contributed by atoms with van der Waals surface area (Å²) >= 11 is 0. The molecular weight excluding hydrogens is 245 g/mol. The van der Waals surface area contributed by atoms with Gasteiger partial charge in [0.15, 0.2) is 0 Å². The van der Waals surface area contributed by atoms with Crippen molar-refractivity contribution in [1.82, 2.24) is 4.90 Å². The Hall–Kier alpha value is -1.08. The molecule has 2 N–H and O–H groups in total. The summed E-state index contributed by atoms with van der Waals surface area (Å²) in [6.45, 7) is 6.64. The van der Waals surface area contributed by atoms with E-state index >= 15 is 0 Å².